The predicted octanol–water partition coefficient (Wildman–Crippen LogP) is 5.34. The molecule has 0 radical (unpaired) electrons. The molecule has 3 rings (SSSR count). The Labute approximate surface area is 185 Å². The number of alkyl halides is 3. The van der Waals surface area contributed by atoms with Crippen LogP contribution in [-0.4, -0.2) is 21.8 Å². The van der Waals surface area contributed by atoms with Crippen molar-refractivity contribution in [2.75, 3.05) is 0 Å². The molecular formula is C24H26F3N3O2. The number of nitrogens with zero attached hydrogens (tertiary/aromatic N) is 2. The molecular weight excluding hydrogens is 419 g/mol. The van der Waals surface area contributed by atoms with E-state index in [4.69, 9.17) is 4.42 Å². The van der Waals surface area contributed by atoms with Gasteiger partial charge in [0.05, 0.1) is 12.1 Å². The highest BCUT2D eigenvalue weighted by Crippen LogP contribution is 2.30. The average molecular weight is 445 g/mol. The maximum atomic E-state index is 13.1. The Morgan fingerprint density at radius 3 is 2.53 bits per heavy atom. The van der Waals surface area contributed by atoms with Crippen molar-refractivity contribution < 1.29 is 22.4 Å². The zero-order chi connectivity index (χ0) is 23.3. The van der Waals surface area contributed by atoms with Gasteiger partial charge in [-0.25, -0.2) is 4.98 Å². The van der Waals surface area contributed by atoms with Gasteiger partial charge >= 0.3 is 6.18 Å². The number of rotatable bonds is 8. The van der Waals surface area contributed by atoms with Crippen molar-refractivity contribution >= 4 is 5.91 Å². The molecule has 0 aliphatic carbocycles. The number of hydrogen-bond acceptors (Lipinski definition) is 4. The van der Waals surface area contributed by atoms with Gasteiger partial charge in [-0.05, 0) is 43.5 Å². The molecule has 0 saturated heterocycles. The molecule has 0 unspecified atom stereocenters. The molecule has 8 heteroatoms. The lowest BCUT2D eigenvalue weighted by Gasteiger charge is -2.22. The van der Waals surface area contributed by atoms with Gasteiger partial charge in [-0.2, -0.15) is 13.2 Å². The molecule has 0 bridgehead atoms. The Morgan fingerprint density at radius 2 is 1.84 bits per heavy atom. The Bertz CT molecular complexity index is 1060. The maximum absolute atomic E-state index is 13.1. The van der Waals surface area contributed by atoms with Crippen LogP contribution in [0, 0.1) is 6.92 Å². The molecule has 0 atom stereocenters. The van der Waals surface area contributed by atoms with E-state index in [1.54, 1.807) is 6.07 Å². The molecule has 1 N–H and O–H groups in total. The molecule has 32 heavy (non-hydrogen) atoms. The molecule has 0 aliphatic rings. The van der Waals surface area contributed by atoms with Gasteiger partial charge in [-0.15, -0.1) is 0 Å². The van der Waals surface area contributed by atoms with Crippen LogP contribution in [0.3, 0.4) is 0 Å². The second-order valence-electron chi connectivity index (χ2n) is 8.02. The van der Waals surface area contributed by atoms with Crippen LogP contribution >= 0.6 is 0 Å². The molecule has 0 fully saturated rings. The van der Waals surface area contributed by atoms with Crippen molar-refractivity contribution in [3.8, 4) is 0 Å². The summed E-state index contributed by atoms with van der Waals surface area (Å²) in [6, 6.07) is 13.1. The third kappa shape index (κ3) is 6.43. The summed E-state index contributed by atoms with van der Waals surface area (Å²) in [4.78, 5) is 18.4. The SMILES string of the molecule is Cc1ccccc1CN(Cc1cccc(C(F)(F)F)c1)Cc1nc(C(=O)NC(C)C)co1. The van der Waals surface area contributed by atoms with Gasteiger partial charge in [-0.3, -0.25) is 9.69 Å². The van der Waals surface area contributed by atoms with Crippen molar-refractivity contribution in [1.29, 1.82) is 0 Å². The largest absolute Gasteiger partial charge is 0.447 e. The van der Waals surface area contributed by atoms with Crippen LogP contribution in [0.5, 0.6) is 0 Å². The van der Waals surface area contributed by atoms with E-state index in [2.05, 4.69) is 10.3 Å². The van der Waals surface area contributed by atoms with E-state index in [1.165, 1.54) is 12.3 Å². The normalized spacial score (nSPS) is 11.9. The minimum absolute atomic E-state index is 0.0406. The lowest BCUT2D eigenvalue weighted by atomic mass is 10.1. The molecule has 0 aliphatic heterocycles. The minimum atomic E-state index is -4.40. The summed E-state index contributed by atoms with van der Waals surface area (Å²) < 4.78 is 44.9. The Balaban J connectivity index is 1.83. The summed E-state index contributed by atoms with van der Waals surface area (Å²) >= 11 is 0. The van der Waals surface area contributed by atoms with Crippen LogP contribution in [0.15, 0.2) is 59.2 Å². The van der Waals surface area contributed by atoms with Gasteiger partial charge < -0.3 is 9.73 Å². The lowest BCUT2D eigenvalue weighted by molar-refractivity contribution is -0.137. The standard InChI is InChI=1S/C24H26F3N3O2/c1-16(2)28-23(31)21-15-32-22(29-21)14-30(13-19-9-5-4-7-17(19)3)12-18-8-6-10-20(11-18)24(25,26)27/h4-11,15-16H,12-14H2,1-3H3,(H,28,31). The molecule has 0 saturated carbocycles. The van der Waals surface area contributed by atoms with E-state index >= 15 is 0 Å². The zero-order valence-corrected chi connectivity index (χ0v) is 18.2. The van der Waals surface area contributed by atoms with Crippen LogP contribution < -0.4 is 5.32 Å². The average Bonchev–Trinajstić information content (AvgIpc) is 3.17. The molecule has 2 aromatic carbocycles. The lowest BCUT2D eigenvalue weighted by Crippen LogP contribution is -2.30. The number of benzene rings is 2. The predicted molar refractivity (Wildman–Crippen MR) is 115 cm³/mol. The van der Waals surface area contributed by atoms with Gasteiger partial charge in [0, 0.05) is 19.1 Å². The maximum Gasteiger partial charge on any atom is 0.416 e. The number of carbonyl (C=O) groups excluding carboxylic acids is 1. The first-order valence-electron chi connectivity index (χ1n) is 10.3. The highest BCUT2D eigenvalue weighted by atomic mass is 19.4. The minimum Gasteiger partial charge on any atom is -0.447 e. The first-order valence-corrected chi connectivity index (χ1v) is 10.3. The Kier molecular flexibility index (Phi) is 7.35. The highest BCUT2D eigenvalue weighted by molar-refractivity contribution is 5.92. The van der Waals surface area contributed by atoms with Gasteiger partial charge in [-0.1, -0.05) is 42.5 Å². The van der Waals surface area contributed by atoms with Crippen LogP contribution in [0.25, 0.3) is 0 Å². The van der Waals surface area contributed by atoms with Crippen molar-refractivity contribution in [1.82, 2.24) is 15.2 Å². The van der Waals surface area contributed by atoms with E-state index in [0.29, 0.717) is 18.0 Å². The summed E-state index contributed by atoms with van der Waals surface area (Å²) in [6.07, 6.45) is -3.11. The quantitative estimate of drug-likeness (QED) is 0.508. The number of nitrogens with one attached hydrogen (secondary N) is 1. The summed E-state index contributed by atoms with van der Waals surface area (Å²) in [5.74, 6) is -0.0159. The van der Waals surface area contributed by atoms with Crippen LogP contribution in [0.4, 0.5) is 13.2 Å². The fourth-order valence-corrected chi connectivity index (χ4v) is 3.32. The highest BCUT2D eigenvalue weighted by Gasteiger charge is 2.30. The number of hydrogen-bond donors (Lipinski definition) is 1. The number of halogens is 3. The summed E-state index contributed by atoms with van der Waals surface area (Å²) in [5, 5.41) is 2.75. The smallest absolute Gasteiger partial charge is 0.416 e. The molecule has 3 aromatic rings. The van der Waals surface area contributed by atoms with Crippen LogP contribution in [0.1, 0.15) is 52.5 Å². The van der Waals surface area contributed by atoms with Crippen molar-refractivity contribution in [3.05, 3.63) is 88.6 Å². The summed E-state index contributed by atoms with van der Waals surface area (Å²) in [6.45, 7) is 6.65. The monoisotopic (exact) mass is 445 g/mol. The first-order chi connectivity index (χ1) is 15.1. The van der Waals surface area contributed by atoms with E-state index in [1.807, 2.05) is 49.9 Å². The molecule has 0 spiro atoms. The topological polar surface area (TPSA) is 58.4 Å². The van der Waals surface area contributed by atoms with E-state index in [-0.39, 0.29) is 30.7 Å². The number of amides is 1. The fourth-order valence-electron chi connectivity index (χ4n) is 3.32. The Hall–Kier alpha value is -3.13. The van der Waals surface area contributed by atoms with Crippen molar-refractivity contribution in [3.63, 3.8) is 0 Å². The van der Waals surface area contributed by atoms with E-state index < -0.39 is 11.7 Å². The second-order valence-corrected chi connectivity index (χ2v) is 8.02. The van der Waals surface area contributed by atoms with Gasteiger partial charge in [0.25, 0.3) is 5.91 Å². The van der Waals surface area contributed by atoms with Gasteiger partial charge in [0.1, 0.15) is 6.26 Å². The zero-order valence-electron chi connectivity index (χ0n) is 18.2. The summed E-state index contributed by atoms with van der Waals surface area (Å²) in [7, 11) is 0. The van der Waals surface area contributed by atoms with Crippen LogP contribution in [-0.2, 0) is 25.8 Å². The molecule has 5 nitrogen and oxygen atoms in total. The van der Waals surface area contributed by atoms with Crippen LogP contribution in [0.2, 0.25) is 0 Å². The van der Waals surface area contributed by atoms with Crippen molar-refractivity contribution in [2.45, 2.75) is 52.6 Å². The number of aryl methyl sites for hydroxylation is 1. The Morgan fingerprint density at radius 1 is 1.09 bits per heavy atom. The second kappa shape index (κ2) is 9.99. The number of aromatic nitrogens is 1. The molecule has 170 valence electrons. The van der Waals surface area contributed by atoms with Gasteiger partial charge in [0.15, 0.2) is 5.69 Å². The fraction of sp³-hybridized carbons (Fsp3) is 0.333. The number of carbonyl (C=O) groups is 1. The summed E-state index contributed by atoms with van der Waals surface area (Å²) in [5.41, 5.74) is 2.13. The molecule has 1 heterocycles. The van der Waals surface area contributed by atoms with Gasteiger partial charge in [0.2, 0.25) is 5.89 Å². The third-order valence-electron chi connectivity index (χ3n) is 4.88. The van der Waals surface area contributed by atoms with E-state index in [0.717, 1.165) is 23.3 Å². The third-order valence-corrected chi connectivity index (χ3v) is 4.88. The van der Waals surface area contributed by atoms with E-state index in [9.17, 15) is 18.0 Å². The molecule has 1 amide bonds. The molecule has 1 aromatic heterocycles. The van der Waals surface area contributed by atoms with Crippen molar-refractivity contribution in [2.24, 2.45) is 0 Å². The first kappa shape index (κ1) is 23.5. The number of oxazole rings is 1.